The van der Waals surface area contributed by atoms with E-state index in [1.807, 2.05) is 0 Å². The fourth-order valence-corrected chi connectivity index (χ4v) is 2.23. The summed E-state index contributed by atoms with van der Waals surface area (Å²) < 4.78 is 0. The molecule has 0 bridgehead atoms. The molecule has 1 aliphatic carbocycles. The van der Waals surface area contributed by atoms with E-state index in [9.17, 15) is 0 Å². The van der Waals surface area contributed by atoms with Crippen LogP contribution in [0.5, 0.6) is 0 Å². The number of likely N-dealkylation sites (N-methyl/N-ethyl adjacent to an activating group) is 1. The van der Waals surface area contributed by atoms with Gasteiger partial charge in [-0.25, -0.2) is 0 Å². The monoisotopic (exact) mass is 199 g/mol. The molecule has 0 spiro atoms. The fourth-order valence-electron chi connectivity index (χ4n) is 2.13. The lowest BCUT2D eigenvalue weighted by molar-refractivity contribution is 0.298. The maximum Gasteiger partial charge on any atom is 0.0195 e. The third-order valence-electron chi connectivity index (χ3n) is 2.76. The molecule has 0 amide bonds. The van der Waals surface area contributed by atoms with Gasteiger partial charge in [-0.1, -0.05) is 25.0 Å². The van der Waals surface area contributed by atoms with E-state index in [-0.39, 0.29) is 0 Å². The molecule has 0 radical (unpaired) electrons. The Morgan fingerprint density at radius 1 is 1.46 bits per heavy atom. The lowest BCUT2D eigenvalue weighted by Crippen LogP contribution is -2.26. The van der Waals surface area contributed by atoms with E-state index in [1.165, 1.54) is 37.8 Å². The number of hydrogen-bond acceptors (Lipinski definition) is 2. The average molecular weight is 199 g/mol. The number of rotatable bonds is 5. The van der Waals surface area contributed by atoms with E-state index >= 15 is 0 Å². The highest BCUT2D eigenvalue weighted by Crippen LogP contribution is 2.25. The second kappa shape index (κ2) is 5.71. The van der Waals surface area contributed by atoms with Crippen LogP contribution < -0.4 is 0 Å². The van der Waals surface area contributed by atoms with Crippen molar-refractivity contribution in [2.45, 2.75) is 25.7 Å². The van der Waals surface area contributed by atoms with Crippen molar-refractivity contribution in [3.63, 3.8) is 0 Å². The van der Waals surface area contributed by atoms with Crippen LogP contribution in [0, 0.1) is 5.92 Å². The maximum atomic E-state index is 4.21. The Morgan fingerprint density at radius 2 is 2.08 bits per heavy atom. The third kappa shape index (κ3) is 4.19. The molecule has 0 N–H and O–H groups in total. The van der Waals surface area contributed by atoms with Gasteiger partial charge in [-0.15, -0.1) is 0 Å². The number of nitrogens with zero attached hydrogens (tertiary/aromatic N) is 1. The first kappa shape index (κ1) is 11.1. The fraction of sp³-hybridized carbons (Fsp3) is 0.818. The highest BCUT2D eigenvalue weighted by Gasteiger charge is 2.16. The minimum Gasteiger partial charge on any atom is -0.302 e. The molecule has 2 heteroatoms. The summed E-state index contributed by atoms with van der Waals surface area (Å²) in [5.74, 6) is 1.76. The van der Waals surface area contributed by atoms with Crippen molar-refractivity contribution < 1.29 is 0 Å². The molecule has 0 atom stereocenters. The Hall–Kier alpha value is 0.0500. The van der Waals surface area contributed by atoms with Crippen molar-refractivity contribution in [1.82, 2.24) is 4.90 Å². The Morgan fingerprint density at radius 3 is 2.62 bits per heavy atom. The van der Waals surface area contributed by atoms with Gasteiger partial charge in [-0.3, -0.25) is 0 Å². The van der Waals surface area contributed by atoms with E-state index in [4.69, 9.17) is 0 Å². The summed E-state index contributed by atoms with van der Waals surface area (Å²) in [5.41, 5.74) is 1.23. The van der Waals surface area contributed by atoms with Gasteiger partial charge in [0.15, 0.2) is 0 Å². The third-order valence-corrected chi connectivity index (χ3v) is 3.21. The Labute approximate surface area is 87.6 Å². The maximum absolute atomic E-state index is 4.21. The first-order valence-corrected chi connectivity index (χ1v) is 5.81. The van der Waals surface area contributed by atoms with Gasteiger partial charge >= 0.3 is 0 Å². The first-order chi connectivity index (χ1) is 6.22. The Kier molecular flexibility index (Phi) is 4.89. The van der Waals surface area contributed by atoms with Gasteiger partial charge in [0.2, 0.25) is 0 Å². The lowest BCUT2D eigenvalue weighted by atomic mass is 10.1. The molecule has 0 unspecified atom stereocenters. The minimum atomic E-state index is 0.814. The van der Waals surface area contributed by atoms with Gasteiger partial charge in [0.25, 0.3) is 0 Å². The molecule has 1 saturated carbocycles. The van der Waals surface area contributed by atoms with Crippen LogP contribution >= 0.6 is 12.6 Å². The smallest absolute Gasteiger partial charge is 0.0195 e. The standard InChI is InChI=1S/C11H21NS/c1-10(9-13)7-12(2)8-11-5-3-4-6-11/h11,13H,1,3-9H2,2H3. The summed E-state index contributed by atoms with van der Waals surface area (Å²) in [7, 11) is 2.19. The highest BCUT2D eigenvalue weighted by atomic mass is 32.1. The molecule has 0 aliphatic heterocycles. The average Bonchev–Trinajstić information content (AvgIpc) is 2.56. The van der Waals surface area contributed by atoms with Crippen LogP contribution in [-0.2, 0) is 0 Å². The van der Waals surface area contributed by atoms with Crippen LogP contribution in [0.1, 0.15) is 25.7 Å². The predicted octanol–water partition coefficient (Wildman–Crippen LogP) is 2.59. The molecule has 0 aromatic heterocycles. The van der Waals surface area contributed by atoms with Crippen LogP contribution in [0.2, 0.25) is 0 Å². The molecule has 0 saturated heterocycles. The van der Waals surface area contributed by atoms with E-state index in [2.05, 4.69) is 31.2 Å². The molecular formula is C11H21NS. The number of thiol groups is 1. The second-order valence-electron chi connectivity index (χ2n) is 4.26. The topological polar surface area (TPSA) is 3.24 Å². The summed E-state index contributed by atoms with van der Waals surface area (Å²) in [6.07, 6.45) is 5.73. The van der Waals surface area contributed by atoms with Crippen LogP contribution in [0.25, 0.3) is 0 Å². The molecule has 76 valence electrons. The summed E-state index contributed by atoms with van der Waals surface area (Å²) in [5, 5.41) is 0. The molecule has 1 rings (SSSR count). The molecule has 1 fully saturated rings. The molecule has 0 aromatic carbocycles. The lowest BCUT2D eigenvalue weighted by Gasteiger charge is -2.21. The van der Waals surface area contributed by atoms with Crippen molar-refractivity contribution in [1.29, 1.82) is 0 Å². The van der Waals surface area contributed by atoms with Gasteiger partial charge in [0, 0.05) is 18.8 Å². The summed E-state index contributed by atoms with van der Waals surface area (Å²) in [6.45, 7) is 6.23. The van der Waals surface area contributed by atoms with Crippen molar-refractivity contribution >= 4 is 12.6 Å². The van der Waals surface area contributed by atoms with Gasteiger partial charge in [0.05, 0.1) is 0 Å². The van der Waals surface area contributed by atoms with Crippen LogP contribution in [-0.4, -0.2) is 30.8 Å². The zero-order chi connectivity index (χ0) is 9.68. The molecule has 1 nitrogen and oxygen atoms in total. The summed E-state index contributed by atoms with van der Waals surface area (Å²) in [6, 6.07) is 0. The predicted molar refractivity (Wildman–Crippen MR) is 62.4 cm³/mol. The minimum absolute atomic E-state index is 0.814. The van der Waals surface area contributed by atoms with E-state index in [1.54, 1.807) is 0 Å². The normalized spacial score (nSPS) is 18.4. The van der Waals surface area contributed by atoms with Gasteiger partial charge < -0.3 is 4.90 Å². The molecule has 1 aliphatic rings. The van der Waals surface area contributed by atoms with Crippen molar-refractivity contribution in [2.24, 2.45) is 5.92 Å². The Balaban J connectivity index is 2.16. The molecule has 0 aromatic rings. The molecule has 0 heterocycles. The zero-order valence-corrected chi connectivity index (χ0v) is 9.52. The number of hydrogen-bond donors (Lipinski definition) is 1. The van der Waals surface area contributed by atoms with E-state index in [0.717, 1.165) is 18.2 Å². The van der Waals surface area contributed by atoms with Crippen LogP contribution in [0.4, 0.5) is 0 Å². The largest absolute Gasteiger partial charge is 0.302 e. The first-order valence-electron chi connectivity index (χ1n) is 5.18. The van der Waals surface area contributed by atoms with E-state index < -0.39 is 0 Å². The quantitative estimate of drug-likeness (QED) is 0.526. The zero-order valence-electron chi connectivity index (χ0n) is 8.63. The van der Waals surface area contributed by atoms with E-state index in [0.29, 0.717) is 0 Å². The molecular weight excluding hydrogens is 178 g/mol. The summed E-state index contributed by atoms with van der Waals surface area (Å²) in [4.78, 5) is 2.38. The van der Waals surface area contributed by atoms with Crippen molar-refractivity contribution in [3.8, 4) is 0 Å². The summed E-state index contributed by atoms with van der Waals surface area (Å²) >= 11 is 4.21. The van der Waals surface area contributed by atoms with Crippen LogP contribution in [0.3, 0.4) is 0 Å². The van der Waals surface area contributed by atoms with Crippen LogP contribution in [0.15, 0.2) is 12.2 Å². The van der Waals surface area contributed by atoms with Gasteiger partial charge in [0.1, 0.15) is 0 Å². The van der Waals surface area contributed by atoms with Crippen molar-refractivity contribution in [3.05, 3.63) is 12.2 Å². The highest BCUT2D eigenvalue weighted by molar-refractivity contribution is 7.80. The van der Waals surface area contributed by atoms with Gasteiger partial charge in [-0.2, -0.15) is 12.6 Å². The molecule has 13 heavy (non-hydrogen) atoms. The Bertz CT molecular complexity index is 161. The van der Waals surface area contributed by atoms with Crippen molar-refractivity contribution in [2.75, 3.05) is 25.9 Å². The van der Waals surface area contributed by atoms with Gasteiger partial charge in [-0.05, 0) is 25.8 Å². The second-order valence-corrected chi connectivity index (χ2v) is 4.57. The SMILES string of the molecule is C=C(CS)CN(C)CC1CCCC1.